The third kappa shape index (κ3) is 3.97. The zero-order chi connectivity index (χ0) is 14.4. The van der Waals surface area contributed by atoms with E-state index in [0.717, 1.165) is 37.1 Å². The number of carbonyl (C=O) groups is 1. The highest BCUT2D eigenvalue weighted by molar-refractivity contribution is 5.82. The predicted octanol–water partition coefficient (Wildman–Crippen LogP) is 1.88. The molecule has 1 fully saturated rings. The third-order valence-corrected chi connectivity index (χ3v) is 3.73. The van der Waals surface area contributed by atoms with Gasteiger partial charge in [0.1, 0.15) is 5.75 Å². The maximum atomic E-state index is 12.1. The van der Waals surface area contributed by atoms with Crippen molar-refractivity contribution in [1.29, 1.82) is 0 Å². The first-order chi connectivity index (χ1) is 9.70. The van der Waals surface area contributed by atoms with Gasteiger partial charge in [-0.05, 0) is 44.4 Å². The minimum atomic E-state index is -0.0242. The van der Waals surface area contributed by atoms with Crippen LogP contribution in [0.2, 0.25) is 0 Å². The Morgan fingerprint density at radius 1 is 1.45 bits per heavy atom. The molecule has 4 heteroatoms. The van der Waals surface area contributed by atoms with Gasteiger partial charge in [0.2, 0.25) is 5.91 Å². The van der Waals surface area contributed by atoms with Crippen LogP contribution >= 0.6 is 0 Å². The van der Waals surface area contributed by atoms with Gasteiger partial charge in [0.05, 0.1) is 13.2 Å². The van der Waals surface area contributed by atoms with Gasteiger partial charge in [0.25, 0.3) is 0 Å². The average Bonchev–Trinajstić information content (AvgIpc) is 2.48. The number of carbonyl (C=O) groups excluding carboxylic acids is 1. The van der Waals surface area contributed by atoms with Crippen LogP contribution in [0.15, 0.2) is 24.3 Å². The molecule has 1 aromatic carbocycles. The van der Waals surface area contributed by atoms with Gasteiger partial charge in [-0.15, -0.1) is 0 Å². The molecule has 1 heterocycles. The lowest BCUT2D eigenvalue weighted by molar-refractivity contribution is -0.124. The van der Waals surface area contributed by atoms with Crippen molar-refractivity contribution in [2.24, 2.45) is 0 Å². The quantitative estimate of drug-likeness (QED) is 0.863. The Balaban J connectivity index is 1.88. The highest BCUT2D eigenvalue weighted by atomic mass is 16.5. The summed E-state index contributed by atoms with van der Waals surface area (Å²) in [6, 6.07) is 8.02. The Labute approximate surface area is 120 Å². The van der Waals surface area contributed by atoms with Crippen LogP contribution in [0.1, 0.15) is 31.7 Å². The minimum Gasteiger partial charge on any atom is -0.496 e. The van der Waals surface area contributed by atoms with Crippen LogP contribution < -0.4 is 15.4 Å². The maximum absolute atomic E-state index is 12.1. The molecule has 1 aromatic rings. The highest BCUT2D eigenvalue weighted by Gasteiger charge is 2.21. The van der Waals surface area contributed by atoms with Crippen molar-refractivity contribution in [2.75, 3.05) is 13.7 Å². The molecule has 0 spiro atoms. The number of benzene rings is 1. The molecular formula is C16H24N2O2. The summed E-state index contributed by atoms with van der Waals surface area (Å²) in [5, 5.41) is 6.37. The molecule has 0 aliphatic carbocycles. The maximum Gasteiger partial charge on any atom is 0.237 e. The van der Waals surface area contributed by atoms with Gasteiger partial charge in [-0.25, -0.2) is 0 Å². The lowest BCUT2D eigenvalue weighted by atomic mass is 10.0. The van der Waals surface area contributed by atoms with Gasteiger partial charge in [-0.1, -0.05) is 24.6 Å². The second kappa shape index (κ2) is 7.29. The van der Waals surface area contributed by atoms with E-state index in [-0.39, 0.29) is 18.0 Å². The first-order valence-corrected chi connectivity index (χ1v) is 7.36. The van der Waals surface area contributed by atoms with Gasteiger partial charge in [0, 0.05) is 6.04 Å². The van der Waals surface area contributed by atoms with E-state index in [9.17, 15) is 4.79 Å². The van der Waals surface area contributed by atoms with E-state index in [1.807, 2.05) is 31.2 Å². The summed E-state index contributed by atoms with van der Waals surface area (Å²) in [6.07, 6.45) is 4.02. The lowest BCUT2D eigenvalue weighted by Gasteiger charge is -2.24. The summed E-state index contributed by atoms with van der Waals surface area (Å²) in [4.78, 5) is 12.1. The molecule has 2 N–H and O–H groups in total. The lowest BCUT2D eigenvalue weighted by Crippen LogP contribution is -2.49. The van der Waals surface area contributed by atoms with Gasteiger partial charge in [-0.2, -0.15) is 0 Å². The third-order valence-electron chi connectivity index (χ3n) is 3.73. The number of ether oxygens (including phenoxy) is 1. The molecule has 20 heavy (non-hydrogen) atoms. The predicted molar refractivity (Wildman–Crippen MR) is 79.9 cm³/mol. The van der Waals surface area contributed by atoms with Crippen LogP contribution in [0.25, 0.3) is 0 Å². The second-order valence-electron chi connectivity index (χ2n) is 5.43. The summed E-state index contributed by atoms with van der Waals surface area (Å²) >= 11 is 0. The van der Waals surface area contributed by atoms with Gasteiger partial charge in [-0.3, -0.25) is 4.79 Å². The molecule has 1 aliphatic heterocycles. The van der Waals surface area contributed by atoms with Crippen LogP contribution in [0.3, 0.4) is 0 Å². The monoisotopic (exact) mass is 276 g/mol. The fraction of sp³-hybridized carbons (Fsp3) is 0.562. The van der Waals surface area contributed by atoms with Crippen molar-refractivity contribution in [1.82, 2.24) is 10.6 Å². The van der Waals surface area contributed by atoms with Gasteiger partial charge >= 0.3 is 0 Å². The molecule has 2 rings (SSSR count). The molecule has 110 valence electrons. The minimum absolute atomic E-state index is 0.0242. The van der Waals surface area contributed by atoms with Crippen LogP contribution in [-0.4, -0.2) is 31.6 Å². The van der Waals surface area contributed by atoms with E-state index in [0.29, 0.717) is 0 Å². The molecule has 0 bridgehead atoms. The van der Waals surface area contributed by atoms with Crippen molar-refractivity contribution >= 4 is 5.91 Å². The summed E-state index contributed by atoms with van der Waals surface area (Å²) in [5.74, 6) is 0.997. The summed E-state index contributed by atoms with van der Waals surface area (Å²) in [6.45, 7) is 2.98. The van der Waals surface area contributed by atoms with Crippen molar-refractivity contribution in [2.45, 2.75) is 44.7 Å². The van der Waals surface area contributed by atoms with E-state index >= 15 is 0 Å². The number of hydrogen-bond acceptors (Lipinski definition) is 3. The van der Waals surface area contributed by atoms with Crippen molar-refractivity contribution in [3.63, 3.8) is 0 Å². The fourth-order valence-electron chi connectivity index (χ4n) is 2.67. The molecule has 2 atom stereocenters. The Hall–Kier alpha value is -1.55. The zero-order valence-electron chi connectivity index (χ0n) is 12.3. The zero-order valence-corrected chi connectivity index (χ0v) is 12.3. The average molecular weight is 276 g/mol. The molecule has 0 saturated carbocycles. The molecule has 1 aliphatic rings. The number of hydrogen-bond donors (Lipinski definition) is 2. The van der Waals surface area contributed by atoms with Crippen LogP contribution in [0.4, 0.5) is 0 Å². The highest BCUT2D eigenvalue weighted by Crippen LogP contribution is 2.19. The van der Waals surface area contributed by atoms with E-state index in [1.54, 1.807) is 7.11 Å². The summed E-state index contributed by atoms with van der Waals surface area (Å²) in [7, 11) is 1.67. The standard InChI is InChI=1S/C16H24N2O2/c1-12(11-13-7-3-4-9-15(13)20-2)18-16(19)14-8-5-6-10-17-14/h3-4,7,9,12,14,17H,5-6,8,10-11H2,1-2H3,(H,18,19). The SMILES string of the molecule is COc1ccccc1CC(C)NC(=O)C1CCCCN1. The first-order valence-electron chi connectivity index (χ1n) is 7.36. The number of amides is 1. The van der Waals surface area contributed by atoms with E-state index in [4.69, 9.17) is 4.74 Å². The van der Waals surface area contributed by atoms with E-state index in [2.05, 4.69) is 10.6 Å². The Morgan fingerprint density at radius 2 is 2.25 bits per heavy atom. The number of piperidine rings is 1. The van der Waals surface area contributed by atoms with E-state index in [1.165, 1.54) is 6.42 Å². The molecule has 0 aromatic heterocycles. The van der Waals surface area contributed by atoms with Crippen LogP contribution in [0.5, 0.6) is 5.75 Å². The van der Waals surface area contributed by atoms with Crippen molar-refractivity contribution < 1.29 is 9.53 Å². The van der Waals surface area contributed by atoms with Crippen LogP contribution in [-0.2, 0) is 11.2 Å². The Kier molecular flexibility index (Phi) is 5.41. The Bertz CT molecular complexity index is 442. The van der Waals surface area contributed by atoms with Gasteiger partial charge < -0.3 is 15.4 Å². The number of rotatable bonds is 5. The number of methoxy groups -OCH3 is 1. The molecule has 1 amide bonds. The molecular weight excluding hydrogens is 252 g/mol. The van der Waals surface area contributed by atoms with Crippen molar-refractivity contribution in [3.05, 3.63) is 29.8 Å². The molecule has 4 nitrogen and oxygen atoms in total. The van der Waals surface area contributed by atoms with Crippen molar-refractivity contribution in [3.8, 4) is 5.75 Å². The summed E-state index contributed by atoms with van der Waals surface area (Å²) < 4.78 is 5.34. The first kappa shape index (κ1) is 14.9. The molecule has 1 saturated heterocycles. The van der Waals surface area contributed by atoms with Crippen LogP contribution in [0, 0.1) is 0 Å². The van der Waals surface area contributed by atoms with E-state index < -0.39 is 0 Å². The molecule has 0 radical (unpaired) electrons. The topological polar surface area (TPSA) is 50.4 Å². The van der Waals surface area contributed by atoms with Gasteiger partial charge in [0.15, 0.2) is 0 Å². The smallest absolute Gasteiger partial charge is 0.237 e. The molecule has 2 unspecified atom stereocenters. The second-order valence-corrected chi connectivity index (χ2v) is 5.43. The summed E-state index contributed by atoms with van der Waals surface area (Å²) in [5.41, 5.74) is 1.12. The fourth-order valence-corrected chi connectivity index (χ4v) is 2.67. The Morgan fingerprint density at radius 3 is 2.95 bits per heavy atom. The largest absolute Gasteiger partial charge is 0.496 e. The number of para-hydroxylation sites is 1. The number of nitrogens with one attached hydrogen (secondary N) is 2. The normalized spacial score (nSPS) is 20.2.